The molecule has 0 radical (unpaired) electrons. The molecule has 7 heteroatoms. The van der Waals surface area contributed by atoms with Crippen LogP contribution in [0.4, 0.5) is 22.7 Å². The molecule has 0 aliphatic carbocycles. The second-order valence-electron chi connectivity index (χ2n) is 8.70. The van der Waals surface area contributed by atoms with E-state index in [-0.39, 0.29) is 11.8 Å². The van der Waals surface area contributed by atoms with Gasteiger partial charge < -0.3 is 10.6 Å². The summed E-state index contributed by atoms with van der Waals surface area (Å²) in [6.07, 6.45) is 1.94. The van der Waals surface area contributed by atoms with Crippen LogP contribution in [0.15, 0.2) is 107 Å². The number of aryl methyl sites for hydroxylation is 1. The summed E-state index contributed by atoms with van der Waals surface area (Å²) in [5, 5.41) is 14.3. The van der Waals surface area contributed by atoms with Gasteiger partial charge in [-0.25, -0.2) is 0 Å². The molecule has 4 rings (SSSR count). The smallest absolute Gasteiger partial charge is 0.255 e. The minimum absolute atomic E-state index is 0.150. The fourth-order valence-corrected chi connectivity index (χ4v) is 3.75. The number of azo groups is 1. The summed E-state index contributed by atoms with van der Waals surface area (Å²) in [5.74, 6) is -0.305. The normalized spacial score (nSPS) is 10.8. The number of hydrogen-bond donors (Lipinski definition) is 2. The lowest BCUT2D eigenvalue weighted by Gasteiger charge is -2.06. The van der Waals surface area contributed by atoms with Crippen molar-refractivity contribution in [2.75, 3.05) is 10.6 Å². The fourth-order valence-electron chi connectivity index (χ4n) is 3.75. The zero-order valence-corrected chi connectivity index (χ0v) is 21.1. The highest BCUT2D eigenvalue weighted by Crippen LogP contribution is 2.22. The number of rotatable bonds is 9. The number of amides is 2. The van der Waals surface area contributed by atoms with Crippen LogP contribution in [-0.4, -0.2) is 19.1 Å². The van der Waals surface area contributed by atoms with Crippen LogP contribution in [0.2, 0.25) is 6.82 Å². The second kappa shape index (κ2) is 12.4. The van der Waals surface area contributed by atoms with Crippen LogP contribution in [-0.2, 0) is 12.7 Å². The van der Waals surface area contributed by atoms with Gasteiger partial charge in [0.05, 0.1) is 11.4 Å². The van der Waals surface area contributed by atoms with Crippen LogP contribution in [0.3, 0.4) is 0 Å². The average Bonchev–Trinajstić information content (AvgIpc) is 2.94. The van der Waals surface area contributed by atoms with E-state index >= 15 is 0 Å². The lowest BCUT2D eigenvalue weighted by atomic mass is 9.75. The number of carbonyl (C=O) groups is 2. The van der Waals surface area contributed by atoms with E-state index in [1.165, 1.54) is 11.1 Å². The first-order valence-corrected chi connectivity index (χ1v) is 12.5. The molecule has 37 heavy (non-hydrogen) atoms. The molecule has 6 nitrogen and oxygen atoms in total. The van der Waals surface area contributed by atoms with Crippen LogP contribution >= 0.6 is 0 Å². The van der Waals surface area contributed by atoms with E-state index in [2.05, 4.69) is 34.6 Å². The summed E-state index contributed by atoms with van der Waals surface area (Å²) in [4.78, 5) is 24.9. The highest BCUT2D eigenvalue weighted by molar-refractivity contribution is 6.32. The lowest BCUT2D eigenvalue weighted by Crippen LogP contribution is -2.11. The van der Waals surface area contributed by atoms with E-state index in [4.69, 9.17) is 0 Å². The number of nitrogens with zero attached hydrogens (tertiary/aromatic N) is 2. The predicted octanol–water partition coefficient (Wildman–Crippen LogP) is 7.15. The highest BCUT2D eigenvalue weighted by atomic mass is 16.2. The van der Waals surface area contributed by atoms with Gasteiger partial charge in [-0.3, -0.25) is 9.59 Å². The van der Waals surface area contributed by atoms with Crippen LogP contribution in [0.5, 0.6) is 0 Å². The van der Waals surface area contributed by atoms with Crippen molar-refractivity contribution in [3.8, 4) is 0 Å². The molecule has 0 atom stereocenters. The molecule has 0 aliphatic rings. The van der Waals surface area contributed by atoms with E-state index < -0.39 is 0 Å². The van der Waals surface area contributed by atoms with E-state index in [1.54, 1.807) is 48.5 Å². The molecule has 4 aromatic carbocycles. The molecule has 0 aliphatic heterocycles. The molecular weight excluding hydrogens is 459 g/mol. The van der Waals surface area contributed by atoms with Crippen LogP contribution < -0.4 is 10.6 Å². The third-order valence-corrected chi connectivity index (χ3v) is 5.91. The van der Waals surface area contributed by atoms with Gasteiger partial charge >= 0.3 is 0 Å². The molecule has 2 amide bonds. The van der Waals surface area contributed by atoms with Gasteiger partial charge in [-0.2, -0.15) is 10.2 Å². The standard InChI is InChI=1S/C30H29BN4O2/c1-3-21-4-8-23(9-5-21)29(36)32-25-12-16-27(17-13-25)34-35-28-18-14-26(15-19-28)33-30(37)24-10-6-22(7-11-24)20-31-2/h4-19,31H,3,20H2,1-2H3,(H,32,36)(H,33,37)/b35-34+. The third-order valence-electron chi connectivity index (χ3n) is 5.91. The predicted molar refractivity (Wildman–Crippen MR) is 152 cm³/mol. The Morgan fingerprint density at radius 1 is 0.622 bits per heavy atom. The zero-order valence-electron chi connectivity index (χ0n) is 21.1. The number of nitrogens with one attached hydrogen (secondary N) is 2. The highest BCUT2D eigenvalue weighted by Gasteiger charge is 2.07. The molecule has 0 spiro atoms. The van der Waals surface area contributed by atoms with E-state index in [0.717, 1.165) is 20.0 Å². The second-order valence-corrected chi connectivity index (χ2v) is 8.70. The minimum atomic E-state index is -0.155. The Morgan fingerprint density at radius 3 is 1.41 bits per heavy atom. The van der Waals surface area contributed by atoms with Crippen molar-refractivity contribution in [1.82, 2.24) is 0 Å². The Morgan fingerprint density at radius 2 is 1.03 bits per heavy atom. The van der Waals surface area contributed by atoms with Crippen LogP contribution in [0.25, 0.3) is 0 Å². The largest absolute Gasteiger partial charge is 0.322 e. The molecule has 0 saturated heterocycles. The molecule has 0 fully saturated rings. The maximum Gasteiger partial charge on any atom is 0.255 e. The Hall–Kier alpha value is -4.52. The molecule has 4 aromatic rings. The maximum atomic E-state index is 12.5. The van der Waals surface area contributed by atoms with Crippen LogP contribution in [0.1, 0.15) is 38.8 Å². The number of carbonyl (C=O) groups excluding carboxylic acids is 2. The Balaban J connectivity index is 1.30. The van der Waals surface area contributed by atoms with Gasteiger partial charge in [0.15, 0.2) is 0 Å². The lowest BCUT2D eigenvalue weighted by molar-refractivity contribution is 0.101. The average molecular weight is 488 g/mol. The van der Waals surface area contributed by atoms with E-state index in [0.29, 0.717) is 33.9 Å². The van der Waals surface area contributed by atoms with Crippen LogP contribution in [0, 0.1) is 0 Å². The zero-order chi connectivity index (χ0) is 26.0. The van der Waals surface area contributed by atoms with Gasteiger partial charge in [-0.1, -0.05) is 49.9 Å². The minimum Gasteiger partial charge on any atom is -0.322 e. The molecule has 0 saturated carbocycles. The Bertz CT molecular complexity index is 1370. The molecule has 0 unspecified atom stereocenters. The van der Waals surface area contributed by atoms with Gasteiger partial charge in [0.2, 0.25) is 0 Å². The topological polar surface area (TPSA) is 82.9 Å². The van der Waals surface area contributed by atoms with Crippen molar-refractivity contribution in [1.29, 1.82) is 0 Å². The summed E-state index contributed by atoms with van der Waals surface area (Å²) >= 11 is 0. The summed E-state index contributed by atoms with van der Waals surface area (Å²) in [5.41, 5.74) is 6.35. The SMILES string of the molecule is CBCc1ccc(C(=O)Nc2ccc(/N=N/c3ccc(NC(=O)c4ccc(CC)cc4)cc3)cc2)cc1. The molecule has 0 aromatic heterocycles. The Kier molecular flexibility index (Phi) is 8.60. The number of benzene rings is 4. The van der Waals surface area contributed by atoms with Gasteiger partial charge in [0, 0.05) is 22.5 Å². The molecule has 0 bridgehead atoms. The molecule has 0 heterocycles. The van der Waals surface area contributed by atoms with E-state index in [9.17, 15) is 9.59 Å². The first kappa shape index (κ1) is 25.6. The summed E-state index contributed by atoms with van der Waals surface area (Å²) in [6, 6.07) is 29.6. The quantitative estimate of drug-likeness (QED) is 0.194. The first-order chi connectivity index (χ1) is 18.0. The first-order valence-electron chi connectivity index (χ1n) is 12.5. The van der Waals surface area contributed by atoms with Crippen molar-refractivity contribution in [3.05, 3.63) is 119 Å². The van der Waals surface area contributed by atoms with Crippen molar-refractivity contribution in [2.45, 2.75) is 26.5 Å². The van der Waals surface area contributed by atoms with Gasteiger partial charge in [0.25, 0.3) is 11.8 Å². The summed E-state index contributed by atoms with van der Waals surface area (Å²) in [7, 11) is 1.08. The fraction of sp³-hybridized carbons (Fsp3) is 0.133. The summed E-state index contributed by atoms with van der Waals surface area (Å²) in [6.45, 7) is 4.22. The molecule has 184 valence electrons. The number of hydrogen-bond acceptors (Lipinski definition) is 4. The van der Waals surface area contributed by atoms with Crippen molar-refractivity contribution in [2.24, 2.45) is 10.2 Å². The van der Waals surface area contributed by atoms with Gasteiger partial charge in [0.1, 0.15) is 7.28 Å². The van der Waals surface area contributed by atoms with Crippen molar-refractivity contribution >= 4 is 41.8 Å². The Labute approximate surface area is 218 Å². The number of anilines is 2. The monoisotopic (exact) mass is 488 g/mol. The van der Waals surface area contributed by atoms with Gasteiger partial charge in [-0.05, 0) is 84.8 Å². The maximum absolute atomic E-state index is 12.5. The molecular formula is C30H29BN4O2. The van der Waals surface area contributed by atoms with Crippen molar-refractivity contribution < 1.29 is 9.59 Å². The van der Waals surface area contributed by atoms with E-state index in [1.807, 2.05) is 48.5 Å². The summed E-state index contributed by atoms with van der Waals surface area (Å²) < 4.78 is 0. The third kappa shape index (κ3) is 7.24. The van der Waals surface area contributed by atoms with Crippen molar-refractivity contribution in [3.63, 3.8) is 0 Å². The van der Waals surface area contributed by atoms with Gasteiger partial charge in [-0.15, -0.1) is 0 Å². The molecule has 2 N–H and O–H groups in total.